The summed E-state index contributed by atoms with van der Waals surface area (Å²) in [5.41, 5.74) is 4.68. The van der Waals surface area contributed by atoms with Gasteiger partial charge in [0.25, 0.3) is 0 Å². The van der Waals surface area contributed by atoms with E-state index < -0.39 is 39.8 Å². The first-order valence-electron chi connectivity index (χ1n) is 14.4. The average Bonchev–Trinajstić information content (AvgIpc) is 3.04. The Morgan fingerprint density at radius 3 is 2.17 bits per heavy atom. The molecule has 0 amide bonds. The third-order valence-electron chi connectivity index (χ3n) is 7.37. The van der Waals surface area contributed by atoms with Crippen LogP contribution in [0.2, 0.25) is 0 Å². The van der Waals surface area contributed by atoms with Crippen molar-refractivity contribution >= 4 is 21.0 Å². The van der Waals surface area contributed by atoms with Gasteiger partial charge in [0.15, 0.2) is 0 Å². The van der Waals surface area contributed by atoms with Gasteiger partial charge < -0.3 is 10.4 Å². The van der Waals surface area contributed by atoms with E-state index in [9.17, 15) is 35.5 Å². The van der Waals surface area contributed by atoms with Gasteiger partial charge in [0, 0.05) is 12.5 Å². The van der Waals surface area contributed by atoms with Crippen molar-refractivity contribution in [1.29, 1.82) is 0 Å². The molecule has 2 aromatic carbocycles. The Labute approximate surface area is 240 Å². The first-order chi connectivity index (χ1) is 19.4. The lowest BCUT2D eigenvalue weighted by molar-refractivity contribution is -0.134. The minimum atomic E-state index is -4.32. The highest BCUT2D eigenvalue weighted by Crippen LogP contribution is 2.40. The van der Waals surface area contributed by atoms with E-state index in [0.29, 0.717) is 31.4 Å². The van der Waals surface area contributed by atoms with E-state index in [4.69, 9.17) is 0 Å². The maximum absolute atomic E-state index is 14.1. The highest BCUT2D eigenvalue weighted by Gasteiger charge is 2.27. The van der Waals surface area contributed by atoms with Gasteiger partial charge in [-0.3, -0.25) is 0 Å². The third-order valence-corrected chi connectivity index (χ3v) is 9.19. The van der Waals surface area contributed by atoms with Crippen molar-refractivity contribution in [2.75, 3.05) is 24.6 Å². The number of halogens is 5. The lowest BCUT2D eigenvalue weighted by Crippen LogP contribution is -2.19. The zero-order valence-electron chi connectivity index (χ0n) is 23.3. The fourth-order valence-electron chi connectivity index (χ4n) is 5.38. The van der Waals surface area contributed by atoms with Gasteiger partial charge in [-0.1, -0.05) is 18.9 Å². The van der Waals surface area contributed by atoms with Crippen molar-refractivity contribution in [1.82, 2.24) is 5.32 Å². The zero-order valence-corrected chi connectivity index (χ0v) is 24.2. The number of aryl methyl sites for hydroxylation is 1. The van der Waals surface area contributed by atoms with Crippen LogP contribution < -0.4 is 5.32 Å². The summed E-state index contributed by atoms with van der Waals surface area (Å²) < 4.78 is 88.4. The van der Waals surface area contributed by atoms with Crippen LogP contribution in [0.15, 0.2) is 36.4 Å². The summed E-state index contributed by atoms with van der Waals surface area (Å²) in [4.78, 5) is 0. The summed E-state index contributed by atoms with van der Waals surface area (Å²) in [6.45, 7) is 1.44. The van der Waals surface area contributed by atoms with Gasteiger partial charge in [0.05, 0.1) is 11.5 Å². The number of alkyl halides is 3. The van der Waals surface area contributed by atoms with Crippen molar-refractivity contribution in [3.05, 3.63) is 64.7 Å². The molecule has 0 saturated carbocycles. The SMILES string of the molecule is O=S(=O)(CCCCNCCCCCCC1=C(c2cc(F)cc(F)c2)CCCc2cc(O)ccc21)CCCC(F)(F)F. The summed E-state index contributed by atoms with van der Waals surface area (Å²) in [7, 11) is -3.45. The lowest BCUT2D eigenvalue weighted by atomic mass is 9.89. The first-order valence-corrected chi connectivity index (χ1v) is 16.2. The lowest BCUT2D eigenvalue weighted by Gasteiger charge is -2.16. The number of nitrogens with one attached hydrogen (secondary N) is 1. The van der Waals surface area contributed by atoms with Crippen LogP contribution in [0.1, 0.15) is 87.3 Å². The van der Waals surface area contributed by atoms with Crippen LogP contribution in [0.3, 0.4) is 0 Å². The van der Waals surface area contributed by atoms with Crippen LogP contribution in [-0.2, 0) is 16.3 Å². The van der Waals surface area contributed by atoms with Crippen LogP contribution >= 0.6 is 0 Å². The number of hydrogen-bond acceptors (Lipinski definition) is 4. The molecule has 3 rings (SSSR count). The van der Waals surface area contributed by atoms with Crippen LogP contribution in [0.25, 0.3) is 11.1 Å². The molecule has 0 aromatic heterocycles. The molecule has 4 nitrogen and oxygen atoms in total. The number of allylic oxidation sites excluding steroid dienone is 2. The number of phenols is 1. The predicted molar refractivity (Wildman–Crippen MR) is 153 cm³/mol. The largest absolute Gasteiger partial charge is 0.508 e. The van der Waals surface area contributed by atoms with E-state index in [-0.39, 0.29) is 17.9 Å². The van der Waals surface area contributed by atoms with Crippen molar-refractivity contribution in [3.63, 3.8) is 0 Å². The molecule has 1 aliphatic carbocycles. The Balaban J connectivity index is 1.42. The van der Waals surface area contributed by atoms with E-state index >= 15 is 0 Å². The van der Waals surface area contributed by atoms with Gasteiger partial charge in [0.1, 0.15) is 27.2 Å². The molecular formula is C31H40F5NO3S. The van der Waals surface area contributed by atoms with Gasteiger partial charge in [0.2, 0.25) is 0 Å². The number of benzene rings is 2. The molecule has 41 heavy (non-hydrogen) atoms. The van der Waals surface area contributed by atoms with E-state index in [0.717, 1.165) is 79.8 Å². The minimum absolute atomic E-state index is 0.0879. The summed E-state index contributed by atoms with van der Waals surface area (Å²) in [6, 6.07) is 8.99. The predicted octanol–water partition coefficient (Wildman–Crippen LogP) is 8.00. The summed E-state index contributed by atoms with van der Waals surface area (Å²) >= 11 is 0. The fourth-order valence-corrected chi connectivity index (χ4v) is 6.81. The van der Waals surface area contributed by atoms with Crippen LogP contribution in [0.4, 0.5) is 22.0 Å². The Bertz CT molecular complexity index is 1250. The third kappa shape index (κ3) is 11.7. The topological polar surface area (TPSA) is 66.4 Å². The highest BCUT2D eigenvalue weighted by atomic mass is 32.2. The molecule has 10 heteroatoms. The molecule has 0 bridgehead atoms. The summed E-state index contributed by atoms with van der Waals surface area (Å²) in [5.74, 6) is -1.51. The Kier molecular flexibility index (Phi) is 12.6. The number of unbranched alkanes of at least 4 members (excludes halogenated alkanes) is 4. The van der Waals surface area contributed by atoms with Crippen molar-refractivity contribution < 1.29 is 35.5 Å². The van der Waals surface area contributed by atoms with Gasteiger partial charge in [-0.15, -0.1) is 0 Å². The smallest absolute Gasteiger partial charge is 0.389 e. The average molecular weight is 602 g/mol. The van der Waals surface area contributed by atoms with Crippen LogP contribution in [-0.4, -0.2) is 44.3 Å². The number of rotatable bonds is 16. The molecule has 0 radical (unpaired) electrons. The van der Waals surface area contributed by atoms with Gasteiger partial charge in [-0.25, -0.2) is 17.2 Å². The maximum Gasteiger partial charge on any atom is 0.389 e. The fraction of sp³-hybridized carbons (Fsp3) is 0.548. The minimum Gasteiger partial charge on any atom is -0.508 e. The molecule has 0 spiro atoms. The molecule has 2 aromatic rings. The van der Waals surface area contributed by atoms with Gasteiger partial charge in [-0.05, 0) is 123 Å². The molecular weight excluding hydrogens is 561 g/mol. The maximum atomic E-state index is 14.1. The second-order valence-corrected chi connectivity index (χ2v) is 13.1. The summed E-state index contributed by atoms with van der Waals surface area (Å²) in [6.07, 6.45) is 2.16. The second-order valence-electron chi connectivity index (χ2n) is 10.8. The van der Waals surface area contributed by atoms with Gasteiger partial charge in [-0.2, -0.15) is 13.2 Å². The van der Waals surface area contributed by atoms with Crippen molar-refractivity contribution in [3.8, 4) is 5.75 Å². The molecule has 228 valence electrons. The van der Waals surface area contributed by atoms with Crippen molar-refractivity contribution in [2.24, 2.45) is 0 Å². The molecule has 0 fully saturated rings. The van der Waals surface area contributed by atoms with Gasteiger partial charge >= 0.3 is 6.18 Å². The molecule has 0 atom stereocenters. The first kappa shape index (κ1) is 33.0. The Hall–Kier alpha value is -2.46. The van der Waals surface area contributed by atoms with Crippen molar-refractivity contribution in [2.45, 2.75) is 83.2 Å². The van der Waals surface area contributed by atoms with E-state index in [2.05, 4.69) is 5.32 Å². The highest BCUT2D eigenvalue weighted by molar-refractivity contribution is 7.91. The number of fused-ring (bicyclic) bond motifs is 1. The number of sulfone groups is 1. The molecule has 2 N–H and O–H groups in total. The number of phenolic OH excluding ortho intramolecular Hbond substituents is 1. The quantitative estimate of drug-likeness (QED) is 0.151. The van der Waals surface area contributed by atoms with Crippen LogP contribution in [0.5, 0.6) is 5.75 Å². The van der Waals surface area contributed by atoms with E-state index in [1.54, 1.807) is 12.1 Å². The Morgan fingerprint density at radius 2 is 1.46 bits per heavy atom. The molecule has 0 aliphatic heterocycles. The van der Waals surface area contributed by atoms with Crippen LogP contribution in [0, 0.1) is 11.6 Å². The van der Waals surface area contributed by atoms with E-state index in [1.807, 2.05) is 6.07 Å². The number of aromatic hydroxyl groups is 1. The molecule has 1 aliphatic rings. The molecule has 0 unspecified atom stereocenters. The normalized spacial score (nSPS) is 14.3. The summed E-state index contributed by atoms with van der Waals surface area (Å²) in [5, 5.41) is 13.3. The second kappa shape index (κ2) is 15.7. The Morgan fingerprint density at radius 1 is 0.805 bits per heavy atom. The standard InChI is InChI=1S/C31H40F5NO3S/c32-25-19-24(20-26(33)22-25)28-11-7-9-23-21-27(38)12-13-29(23)30(28)10-3-1-2-4-15-37-16-5-6-17-41(39,40)18-8-14-31(34,35)36/h12-13,19-22,37-38H,1-11,14-18H2. The number of hydrogen-bond donors (Lipinski definition) is 2. The monoisotopic (exact) mass is 601 g/mol. The molecule has 0 heterocycles. The zero-order chi connectivity index (χ0) is 29.9. The van der Waals surface area contributed by atoms with E-state index in [1.165, 1.54) is 12.1 Å². The molecule has 0 saturated heterocycles.